The van der Waals surface area contributed by atoms with E-state index in [1.165, 1.54) is 0 Å². The second-order valence-corrected chi connectivity index (χ2v) is 5.91. The fourth-order valence-electron chi connectivity index (χ4n) is 2.48. The monoisotopic (exact) mass is 276 g/mol. The molecule has 0 unspecified atom stereocenters. The fraction of sp³-hybridized carbons (Fsp3) is 0.706. The van der Waals surface area contributed by atoms with E-state index in [9.17, 15) is 4.79 Å². The minimum atomic E-state index is 0.143. The Labute approximate surface area is 123 Å². The van der Waals surface area contributed by atoms with Gasteiger partial charge in [0.2, 0.25) is 5.91 Å². The molecule has 20 heavy (non-hydrogen) atoms. The molecule has 1 atom stereocenters. The molecule has 0 spiro atoms. The minimum absolute atomic E-state index is 0.143. The van der Waals surface area contributed by atoms with Gasteiger partial charge in [0, 0.05) is 18.0 Å². The lowest BCUT2D eigenvalue weighted by Crippen LogP contribution is -2.37. The van der Waals surface area contributed by atoms with Gasteiger partial charge in [-0.2, -0.15) is 0 Å². The van der Waals surface area contributed by atoms with Gasteiger partial charge in [-0.1, -0.05) is 24.0 Å². The van der Waals surface area contributed by atoms with E-state index in [1.54, 1.807) is 0 Å². The summed E-state index contributed by atoms with van der Waals surface area (Å²) in [6, 6.07) is 0.987. The van der Waals surface area contributed by atoms with Crippen molar-refractivity contribution in [3.63, 3.8) is 0 Å². The first-order valence-corrected chi connectivity index (χ1v) is 7.66. The van der Waals surface area contributed by atoms with Crippen molar-refractivity contribution in [3.05, 3.63) is 12.2 Å². The largest absolute Gasteiger partial charge is 0.345 e. The van der Waals surface area contributed by atoms with Gasteiger partial charge in [-0.25, -0.2) is 0 Å². The number of rotatable bonds is 5. The number of hydrogen-bond donors (Lipinski definition) is 1. The molecule has 0 aromatic rings. The van der Waals surface area contributed by atoms with Crippen molar-refractivity contribution in [1.29, 1.82) is 0 Å². The zero-order valence-electron chi connectivity index (χ0n) is 13.3. The number of hydrogen-bond acceptors (Lipinski definition) is 2. The molecule has 0 saturated carbocycles. The molecule has 1 N–H and O–H groups in total. The van der Waals surface area contributed by atoms with Crippen molar-refractivity contribution in [2.45, 2.75) is 59.0 Å². The minimum Gasteiger partial charge on any atom is -0.345 e. The first kappa shape index (κ1) is 16.8. The molecule has 0 bridgehead atoms. The molecule has 0 aromatic heterocycles. The highest BCUT2D eigenvalue weighted by Gasteiger charge is 2.17. The van der Waals surface area contributed by atoms with Crippen LogP contribution in [0.5, 0.6) is 0 Å². The fourth-order valence-corrected chi connectivity index (χ4v) is 2.48. The average Bonchev–Trinajstić information content (AvgIpc) is 2.42. The SMILES string of the molecule is CC(C)N(CC#CCNC(=O)[C@H]1CC=CCC1)C(C)C. The Bertz CT molecular complexity index is 380. The van der Waals surface area contributed by atoms with E-state index in [-0.39, 0.29) is 11.8 Å². The van der Waals surface area contributed by atoms with E-state index in [0.717, 1.165) is 25.8 Å². The quantitative estimate of drug-likeness (QED) is 0.618. The van der Waals surface area contributed by atoms with Crippen LogP contribution in [0.15, 0.2) is 12.2 Å². The second kappa shape index (κ2) is 8.81. The average molecular weight is 276 g/mol. The highest BCUT2D eigenvalue weighted by molar-refractivity contribution is 5.79. The summed E-state index contributed by atoms with van der Waals surface area (Å²) in [5, 5.41) is 2.92. The molecule has 0 saturated heterocycles. The molecule has 0 heterocycles. The molecule has 0 radical (unpaired) electrons. The summed E-state index contributed by atoms with van der Waals surface area (Å²) in [4.78, 5) is 14.2. The Morgan fingerprint density at radius 1 is 1.25 bits per heavy atom. The third-order valence-electron chi connectivity index (χ3n) is 3.70. The maximum Gasteiger partial charge on any atom is 0.224 e. The molecule has 0 aromatic carbocycles. The van der Waals surface area contributed by atoms with E-state index < -0.39 is 0 Å². The molecule has 112 valence electrons. The molecular formula is C17H28N2O. The van der Waals surface area contributed by atoms with Gasteiger partial charge in [-0.15, -0.1) is 0 Å². The number of nitrogens with one attached hydrogen (secondary N) is 1. The van der Waals surface area contributed by atoms with Crippen LogP contribution < -0.4 is 5.32 Å². The molecule has 1 aliphatic rings. The van der Waals surface area contributed by atoms with Crippen molar-refractivity contribution >= 4 is 5.91 Å². The van der Waals surface area contributed by atoms with Crippen LogP contribution in [0, 0.1) is 17.8 Å². The number of amides is 1. The third-order valence-corrected chi connectivity index (χ3v) is 3.70. The van der Waals surface area contributed by atoms with Crippen molar-refractivity contribution in [2.75, 3.05) is 13.1 Å². The molecule has 3 heteroatoms. The maximum atomic E-state index is 11.9. The van der Waals surface area contributed by atoms with E-state index in [4.69, 9.17) is 0 Å². The molecule has 1 amide bonds. The van der Waals surface area contributed by atoms with Gasteiger partial charge in [0.15, 0.2) is 0 Å². The first-order valence-electron chi connectivity index (χ1n) is 7.66. The predicted molar refractivity (Wildman–Crippen MR) is 84.2 cm³/mol. The van der Waals surface area contributed by atoms with Crippen LogP contribution in [0.4, 0.5) is 0 Å². The van der Waals surface area contributed by atoms with Gasteiger partial charge in [-0.05, 0) is 47.0 Å². The maximum absolute atomic E-state index is 11.9. The highest BCUT2D eigenvalue weighted by Crippen LogP contribution is 2.17. The van der Waals surface area contributed by atoms with Gasteiger partial charge in [-0.3, -0.25) is 9.69 Å². The van der Waals surface area contributed by atoms with Gasteiger partial charge in [0.1, 0.15) is 0 Å². The van der Waals surface area contributed by atoms with E-state index in [0.29, 0.717) is 18.6 Å². The lowest BCUT2D eigenvalue weighted by Gasteiger charge is -2.28. The van der Waals surface area contributed by atoms with Crippen molar-refractivity contribution in [1.82, 2.24) is 10.2 Å². The zero-order valence-corrected chi connectivity index (χ0v) is 13.3. The van der Waals surface area contributed by atoms with Gasteiger partial charge in [0.25, 0.3) is 0 Å². The van der Waals surface area contributed by atoms with Crippen LogP contribution in [0.3, 0.4) is 0 Å². The van der Waals surface area contributed by atoms with E-state index >= 15 is 0 Å². The number of allylic oxidation sites excluding steroid dienone is 2. The van der Waals surface area contributed by atoms with Crippen LogP contribution >= 0.6 is 0 Å². The number of nitrogens with zero attached hydrogens (tertiary/aromatic N) is 1. The first-order chi connectivity index (χ1) is 9.52. The zero-order chi connectivity index (χ0) is 15.0. The van der Waals surface area contributed by atoms with Gasteiger partial charge < -0.3 is 5.32 Å². The summed E-state index contributed by atoms with van der Waals surface area (Å²) >= 11 is 0. The molecule has 1 rings (SSSR count). The van der Waals surface area contributed by atoms with Crippen LogP contribution in [0.2, 0.25) is 0 Å². The Hall–Kier alpha value is -1.27. The summed E-state index contributed by atoms with van der Waals surface area (Å²) in [5.41, 5.74) is 0. The van der Waals surface area contributed by atoms with Crippen molar-refractivity contribution < 1.29 is 4.79 Å². The summed E-state index contributed by atoms with van der Waals surface area (Å²) in [7, 11) is 0. The summed E-state index contributed by atoms with van der Waals surface area (Å²) in [6.45, 7) is 9.95. The Kier molecular flexibility index (Phi) is 7.40. The third kappa shape index (κ3) is 5.79. The van der Waals surface area contributed by atoms with Crippen molar-refractivity contribution in [2.24, 2.45) is 5.92 Å². The smallest absolute Gasteiger partial charge is 0.224 e. The topological polar surface area (TPSA) is 32.3 Å². The van der Waals surface area contributed by atoms with Gasteiger partial charge in [0.05, 0.1) is 13.1 Å². The van der Waals surface area contributed by atoms with Crippen molar-refractivity contribution in [3.8, 4) is 11.8 Å². The molecule has 3 nitrogen and oxygen atoms in total. The predicted octanol–water partition coefficient (Wildman–Crippen LogP) is 2.58. The van der Waals surface area contributed by atoms with Gasteiger partial charge >= 0.3 is 0 Å². The Morgan fingerprint density at radius 3 is 2.50 bits per heavy atom. The Balaban J connectivity index is 2.28. The molecule has 0 aliphatic heterocycles. The summed E-state index contributed by atoms with van der Waals surface area (Å²) in [5.74, 6) is 6.50. The molecule has 1 aliphatic carbocycles. The molecular weight excluding hydrogens is 248 g/mol. The lowest BCUT2D eigenvalue weighted by atomic mass is 9.94. The van der Waals surface area contributed by atoms with E-state index in [1.807, 2.05) is 0 Å². The normalized spacial score (nSPS) is 18.2. The second-order valence-electron chi connectivity index (χ2n) is 5.91. The number of carbonyl (C=O) groups excluding carboxylic acids is 1. The van der Waals surface area contributed by atoms with Crippen LogP contribution in [0.1, 0.15) is 47.0 Å². The number of carbonyl (C=O) groups is 1. The lowest BCUT2D eigenvalue weighted by molar-refractivity contribution is -0.124. The summed E-state index contributed by atoms with van der Waals surface area (Å²) in [6.07, 6.45) is 7.10. The van der Waals surface area contributed by atoms with Crippen LogP contribution in [0.25, 0.3) is 0 Å². The van der Waals surface area contributed by atoms with Crippen LogP contribution in [-0.2, 0) is 4.79 Å². The molecule has 0 fully saturated rings. The Morgan fingerprint density at radius 2 is 1.95 bits per heavy atom. The standard InChI is InChI=1S/C17H28N2O/c1-14(2)19(15(3)4)13-9-8-12-18-17(20)16-10-6-5-7-11-16/h5-6,14-16H,7,10-13H2,1-4H3,(H,18,20)/t16-/m0/s1. The van der Waals surface area contributed by atoms with E-state index in [2.05, 4.69) is 61.9 Å². The highest BCUT2D eigenvalue weighted by atomic mass is 16.1. The summed E-state index contributed by atoms with van der Waals surface area (Å²) < 4.78 is 0. The van der Waals surface area contributed by atoms with Crippen LogP contribution in [-0.4, -0.2) is 36.0 Å².